The van der Waals surface area contributed by atoms with Gasteiger partial charge in [0.05, 0.1) is 0 Å². The summed E-state index contributed by atoms with van der Waals surface area (Å²) in [5, 5.41) is 18.3. The standard InChI is InChI=1S/C17H15N3O3/c1-11-2-6-13(7-3-11)14-8-4-12(5-9-14)10-23-16-15(17(21)22)18-20-19-16/h2-9H,10H2,1H3,(H,21,22)(H,18,19,20). The van der Waals surface area contributed by atoms with Gasteiger partial charge >= 0.3 is 5.97 Å². The average molecular weight is 309 g/mol. The zero-order chi connectivity index (χ0) is 16.2. The average Bonchev–Trinajstić information content (AvgIpc) is 3.03. The van der Waals surface area contributed by atoms with Gasteiger partial charge in [-0.05, 0) is 23.6 Å². The van der Waals surface area contributed by atoms with E-state index in [9.17, 15) is 4.79 Å². The molecule has 0 bridgehead atoms. The van der Waals surface area contributed by atoms with Gasteiger partial charge in [-0.15, -0.1) is 0 Å². The summed E-state index contributed by atoms with van der Waals surface area (Å²) in [6, 6.07) is 16.2. The van der Waals surface area contributed by atoms with Gasteiger partial charge in [0, 0.05) is 0 Å². The summed E-state index contributed by atoms with van der Waals surface area (Å²) in [5.41, 5.74) is 4.25. The van der Waals surface area contributed by atoms with Gasteiger partial charge < -0.3 is 9.84 Å². The third-order valence-electron chi connectivity index (χ3n) is 3.44. The molecule has 0 spiro atoms. The molecule has 0 radical (unpaired) electrons. The normalized spacial score (nSPS) is 10.5. The molecule has 0 aliphatic carbocycles. The van der Waals surface area contributed by atoms with Crippen LogP contribution in [0.2, 0.25) is 0 Å². The molecule has 3 aromatic rings. The number of carboxylic acids is 1. The minimum atomic E-state index is -1.15. The predicted molar refractivity (Wildman–Crippen MR) is 84.3 cm³/mol. The van der Waals surface area contributed by atoms with Gasteiger partial charge in [0.1, 0.15) is 6.61 Å². The summed E-state index contributed by atoms with van der Waals surface area (Å²) in [5.74, 6) is -1.17. The van der Waals surface area contributed by atoms with Crippen LogP contribution in [0.4, 0.5) is 0 Å². The lowest BCUT2D eigenvalue weighted by atomic mass is 10.0. The highest BCUT2D eigenvalue weighted by Gasteiger charge is 2.15. The summed E-state index contributed by atoms with van der Waals surface area (Å²) in [6.45, 7) is 2.28. The smallest absolute Gasteiger partial charge is 0.359 e. The molecule has 116 valence electrons. The van der Waals surface area contributed by atoms with Crippen molar-refractivity contribution in [2.24, 2.45) is 0 Å². The molecule has 0 aliphatic rings. The number of carboxylic acid groups (broad SMARTS) is 1. The molecule has 0 saturated carbocycles. The number of ether oxygens (including phenoxy) is 1. The van der Waals surface area contributed by atoms with Gasteiger partial charge in [-0.1, -0.05) is 64.4 Å². The van der Waals surface area contributed by atoms with Crippen molar-refractivity contribution in [1.29, 1.82) is 0 Å². The van der Waals surface area contributed by atoms with E-state index in [1.54, 1.807) is 0 Å². The molecule has 2 aromatic carbocycles. The number of aromatic carboxylic acids is 1. The van der Waals surface area contributed by atoms with Gasteiger partial charge in [-0.3, -0.25) is 0 Å². The van der Waals surface area contributed by atoms with Crippen molar-refractivity contribution < 1.29 is 14.6 Å². The molecular weight excluding hydrogens is 294 g/mol. The van der Waals surface area contributed by atoms with Gasteiger partial charge in [-0.2, -0.15) is 0 Å². The highest BCUT2D eigenvalue weighted by atomic mass is 16.5. The largest absolute Gasteiger partial charge is 0.476 e. The molecule has 0 unspecified atom stereocenters. The van der Waals surface area contributed by atoms with Crippen molar-refractivity contribution in [3.05, 3.63) is 65.4 Å². The molecule has 23 heavy (non-hydrogen) atoms. The Bertz CT molecular complexity index is 808. The van der Waals surface area contributed by atoms with Crippen LogP contribution in [0.25, 0.3) is 11.1 Å². The summed E-state index contributed by atoms with van der Waals surface area (Å²) >= 11 is 0. The van der Waals surface area contributed by atoms with Crippen LogP contribution in [0.1, 0.15) is 21.6 Å². The zero-order valence-electron chi connectivity index (χ0n) is 12.5. The molecule has 0 amide bonds. The summed E-state index contributed by atoms with van der Waals surface area (Å²) < 4.78 is 5.40. The van der Waals surface area contributed by atoms with Gasteiger partial charge in [0.15, 0.2) is 0 Å². The second-order valence-corrected chi connectivity index (χ2v) is 5.15. The van der Waals surface area contributed by atoms with Crippen molar-refractivity contribution in [2.75, 3.05) is 0 Å². The fourth-order valence-electron chi connectivity index (χ4n) is 2.15. The van der Waals surface area contributed by atoms with E-state index in [1.165, 1.54) is 5.56 Å². The number of H-pyrrole nitrogens is 1. The topological polar surface area (TPSA) is 88.1 Å². The number of aryl methyl sites for hydroxylation is 1. The van der Waals surface area contributed by atoms with Crippen LogP contribution in [-0.2, 0) is 6.61 Å². The molecule has 0 fully saturated rings. The lowest BCUT2D eigenvalue weighted by molar-refractivity contribution is 0.0685. The number of nitrogens with one attached hydrogen (secondary N) is 1. The van der Waals surface area contributed by atoms with E-state index in [-0.39, 0.29) is 18.2 Å². The quantitative estimate of drug-likeness (QED) is 0.756. The first kappa shape index (κ1) is 14.8. The number of carbonyl (C=O) groups is 1. The summed E-state index contributed by atoms with van der Waals surface area (Å²) in [6.07, 6.45) is 0. The zero-order valence-corrected chi connectivity index (χ0v) is 12.5. The van der Waals surface area contributed by atoms with Crippen LogP contribution in [0.5, 0.6) is 5.88 Å². The second-order valence-electron chi connectivity index (χ2n) is 5.15. The Labute approximate surface area is 132 Å². The first-order valence-corrected chi connectivity index (χ1v) is 7.06. The Morgan fingerprint density at radius 1 is 1.09 bits per heavy atom. The number of benzene rings is 2. The van der Waals surface area contributed by atoms with E-state index in [2.05, 4.69) is 46.6 Å². The van der Waals surface area contributed by atoms with Crippen LogP contribution in [0.3, 0.4) is 0 Å². The third kappa shape index (κ3) is 3.37. The number of hydrogen-bond acceptors (Lipinski definition) is 4. The number of aromatic nitrogens is 3. The third-order valence-corrected chi connectivity index (χ3v) is 3.44. The van der Waals surface area contributed by atoms with Crippen LogP contribution >= 0.6 is 0 Å². The second kappa shape index (κ2) is 6.31. The monoisotopic (exact) mass is 309 g/mol. The van der Waals surface area contributed by atoms with Gasteiger partial charge in [0.25, 0.3) is 5.88 Å². The van der Waals surface area contributed by atoms with Gasteiger partial charge in [0.2, 0.25) is 5.69 Å². The maximum atomic E-state index is 10.9. The molecule has 2 N–H and O–H groups in total. The van der Waals surface area contributed by atoms with Crippen LogP contribution in [0.15, 0.2) is 48.5 Å². The first-order valence-electron chi connectivity index (χ1n) is 7.06. The lowest BCUT2D eigenvalue weighted by Crippen LogP contribution is -2.03. The van der Waals surface area contributed by atoms with Crippen molar-refractivity contribution in [3.63, 3.8) is 0 Å². The number of aromatic amines is 1. The number of hydrogen-bond donors (Lipinski definition) is 2. The Morgan fingerprint density at radius 3 is 2.30 bits per heavy atom. The van der Waals surface area contributed by atoms with Crippen molar-refractivity contribution in [2.45, 2.75) is 13.5 Å². The number of rotatable bonds is 5. The molecule has 1 heterocycles. The lowest BCUT2D eigenvalue weighted by Gasteiger charge is -2.06. The highest BCUT2D eigenvalue weighted by molar-refractivity contribution is 5.87. The predicted octanol–water partition coefficient (Wildman–Crippen LogP) is 3.06. The molecule has 3 rings (SSSR count). The van der Waals surface area contributed by atoms with E-state index in [0.29, 0.717) is 0 Å². The van der Waals surface area contributed by atoms with Crippen LogP contribution in [0, 0.1) is 6.92 Å². The minimum Gasteiger partial charge on any atom is -0.476 e. The van der Waals surface area contributed by atoms with E-state index in [0.717, 1.165) is 16.7 Å². The van der Waals surface area contributed by atoms with E-state index >= 15 is 0 Å². The van der Waals surface area contributed by atoms with Crippen LogP contribution < -0.4 is 4.74 Å². The van der Waals surface area contributed by atoms with Gasteiger partial charge in [-0.25, -0.2) is 9.89 Å². The van der Waals surface area contributed by atoms with Crippen LogP contribution in [-0.4, -0.2) is 26.5 Å². The first-order chi connectivity index (χ1) is 11.1. The molecule has 0 saturated heterocycles. The fraction of sp³-hybridized carbons (Fsp3) is 0.118. The molecule has 0 aliphatic heterocycles. The minimum absolute atomic E-state index is 0.0138. The molecule has 6 nitrogen and oxygen atoms in total. The molecule has 0 atom stereocenters. The Hall–Kier alpha value is -3.15. The van der Waals surface area contributed by atoms with Crippen molar-refractivity contribution in [1.82, 2.24) is 15.4 Å². The van der Waals surface area contributed by atoms with Crippen molar-refractivity contribution >= 4 is 5.97 Å². The summed E-state index contributed by atoms with van der Waals surface area (Å²) in [4.78, 5) is 10.9. The Morgan fingerprint density at radius 2 is 1.70 bits per heavy atom. The molecule has 6 heteroatoms. The molecule has 1 aromatic heterocycles. The van der Waals surface area contributed by atoms with E-state index < -0.39 is 5.97 Å². The SMILES string of the molecule is Cc1ccc(-c2ccc(COc3nn[nH]c3C(=O)O)cc2)cc1. The van der Waals surface area contributed by atoms with E-state index in [4.69, 9.17) is 9.84 Å². The Balaban J connectivity index is 1.69. The Kier molecular flexibility index (Phi) is 4.05. The fourth-order valence-corrected chi connectivity index (χ4v) is 2.15. The summed E-state index contributed by atoms with van der Waals surface area (Å²) in [7, 11) is 0. The van der Waals surface area contributed by atoms with E-state index in [1.807, 2.05) is 24.3 Å². The van der Waals surface area contributed by atoms with Crippen molar-refractivity contribution in [3.8, 4) is 17.0 Å². The highest BCUT2D eigenvalue weighted by Crippen LogP contribution is 2.21. The maximum absolute atomic E-state index is 10.9. The maximum Gasteiger partial charge on any atom is 0.359 e. The molecular formula is C17H15N3O3. The number of nitrogens with zero attached hydrogens (tertiary/aromatic N) is 2.